The molecular weight excluding hydrogens is 386 g/mol. The predicted molar refractivity (Wildman–Crippen MR) is 107 cm³/mol. The first-order valence-electron chi connectivity index (χ1n) is 7.97. The van der Waals surface area contributed by atoms with Crippen LogP contribution >= 0.6 is 23.4 Å². The molecule has 27 heavy (non-hydrogen) atoms. The molecule has 1 aromatic heterocycles. The number of hydrogen-bond donors (Lipinski definition) is 1. The molecule has 1 N–H and O–H groups in total. The van der Waals surface area contributed by atoms with Gasteiger partial charge in [-0.2, -0.15) is 0 Å². The molecule has 0 aliphatic carbocycles. The second-order valence-corrected chi connectivity index (χ2v) is 6.85. The highest BCUT2D eigenvalue weighted by Crippen LogP contribution is 2.17. The molecule has 1 amide bonds. The summed E-state index contributed by atoms with van der Waals surface area (Å²) in [7, 11) is 1.58. The van der Waals surface area contributed by atoms with Gasteiger partial charge in [0.1, 0.15) is 5.75 Å². The van der Waals surface area contributed by atoms with E-state index in [9.17, 15) is 9.59 Å². The van der Waals surface area contributed by atoms with Crippen LogP contribution in [0, 0.1) is 0 Å². The second kappa shape index (κ2) is 8.75. The number of aromatic nitrogens is 2. The van der Waals surface area contributed by atoms with Crippen molar-refractivity contribution >= 4 is 35.0 Å². The van der Waals surface area contributed by atoms with Gasteiger partial charge in [0.05, 0.1) is 18.6 Å². The van der Waals surface area contributed by atoms with Crippen molar-refractivity contribution < 1.29 is 9.53 Å². The van der Waals surface area contributed by atoms with Crippen molar-refractivity contribution in [3.63, 3.8) is 0 Å². The average Bonchev–Trinajstić information content (AvgIpc) is 2.68. The Morgan fingerprint density at radius 1 is 1.26 bits per heavy atom. The maximum Gasteiger partial charge on any atom is 0.287 e. The largest absolute Gasteiger partial charge is 0.497 e. The van der Waals surface area contributed by atoms with Crippen molar-refractivity contribution in [1.82, 2.24) is 9.55 Å². The number of ether oxygens (including phenoxy) is 1. The summed E-state index contributed by atoms with van der Waals surface area (Å²) in [6.45, 7) is 0. The molecule has 0 unspecified atom stereocenters. The number of thioether (sulfide) groups is 1. The van der Waals surface area contributed by atoms with Gasteiger partial charge in [0, 0.05) is 23.1 Å². The Hall–Kier alpha value is -2.77. The first-order valence-corrected chi connectivity index (χ1v) is 9.33. The van der Waals surface area contributed by atoms with E-state index >= 15 is 0 Å². The highest BCUT2D eigenvalue weighted by atomic mass is 35.5. The van der Waals surface area contributed by atoms with Crippen molar-refractivity contribution in [2.75, 3.05) is 18.2 Å². The topological polar surface area (TPSA) is 73.2 Å². The van der Waals surface area contributed by atoms with E-state index in [1.165, 1.54) is 10.8 Å². The highest BCUT2D eigenvalue weighted by molar-refractivity contribution is 7.99. The smallest absolute Gasteiger partial charge is 0.287 e. The van der Waals surface area contributed by atoms with Crippen molar-refractivity contribution in [3.8, 4) is 11.4 Å². The number of amides is 1. The molecular formula is C19H16ClN3O3S. The third-order valence-corrected chi connectivity index (χ3v) is 4.80. The molecule has 0 fully saturated rings. The summed E-state index contributed by atoms with van der Waals surface area (Å²) in [5, 5.41) is 3.54. The van der Waals surface area contributed by atoms with Gasteiger partial charge in [-0.3, -0.25) is 14.2 Å². The minimum Gasteiger partial charge on any atom is -0.497 e. The van der Waals surface area contributed by atoms with Gasteiger partial charge in [-0.1, -0.05) is 29.4 Å². The van der Waals surface area contributed by atoms with Gasteiger partial charge in [0.15, 0.2) is 5.03 Å². The molecule has 0 aliphatic rings. The molecule has 6 nitrogen and oxygen atoms in total. The Labute approximate surface area is 165 Å². The van der Waals surface area contributed by atoms with E-state index in [0.29, 0.717) is 22.1 Å². The van der Waals surface area contributed by atoms with Crippen LogP contribution in [-0.4, -0.2) is 28.3 Å². The molecule has 138 valence electrons. The van der Waals surface area contributed by atoms with Crippen molar-refractivity contribution in [3.05, 3.63) is 76.3 Å². The normalized spacial score (nSPS) is 10.4. The molecule has 3 rings (SSSR count). The predicted octanol–water partition coefficient (Wildman–Crippen LogP) is 3.63. The number of carbonyl (C=O) groups is 1. The summed E-state index contributed by atoms with van der Waals surface area (Å²) < 4.78 is 6.52. The van der Waals surface area contributed by atoms with Crippen LogP contribution in [0.4, 0.5) is 5.69 Å². The third-order valence-electron chi connectivity index (χ3n) is 3.61. The van der Waals surface area contributed by atoms with E-state index in [4.69, 9.17) is 16.3 Å². The van der Waals surface area contributed by atoms with Gasteiger partial charge < -0.3 is 10.1 Å². The minimum atomic E-state index is -0.304. The fraction of sp³-hybridized carbons (Fsp3) is 0.105. The molecule has 0 bridgehead atoms. The lowest BCUT2D eigenvalue weighted by Gasteiger charge is -2.08. The molecule has 8 heteroatoms. The Balaban J connectivity index is 1.68. The number of hydrogen-bond acceptors (Lipinski definition) is 5. The fourth-order valence-electron chi connectivity index (χ4n) is 2.33. The number of benzene rings is 2. The molecule has 2 aromatic carbocycles. The molecule has 0 spiro atoms. The molecule has 0 atom stereocenters. The van der Waals surface area contributed by atoms with E-state index in [0.717, 1.165) is 11.8 Å². The number of nitrogens with one attached hydrogen (secondary N) is 1. The molecule has 0 saturated carbocycles. The Morgan fingerprint density at radius 3 is 2.74 bits per heavy atom. The number of halogens is 1. The van der Waals surface area contributed by atoms with Crippen molar-refractivity contribution in [1.29, 1.82) is 0 Å². The van der Waals surface area contributed by atoms with Crippen LogP contribution in [0.15, 0.2) is 70.7 Å². The van der Waals surface area contributed by atoms with Gasteiger partial charge in [-0.05, 0) is 42.5 Å². The van der Waals surface area contributed by atoms with Crippen molar-refractivity contribution in [2.45, 2.75) is 5.03 Å². The summed E-state index contributed by atoms with van der Waals surface area (Å²) in [5.41, 5.74) is 0.986. The Kier molecular flexibility index (Phi) is 6.16. The highest BCUT2D eigenvalue weighted by Gasteiger charge is 2.10. The van der Waals surface area contributed by atoms with E-state index in [2.05, 4.69) is 10.3 Å². The number of anilines is 1. The maximum atomic E-state index is 12.6. The van der Waals surface area contributed by atoms with Gasteiger partial charge in [0.25, 0.3) is 5.56 Å². The van der Waals surface area contributed by atoms with Gasteiger partial charge in [-0.25, -0.2) is 4.98 Å². The number of methoxy groups -OCH3 is 1. The second-order valence-electron chi connectivity index (χ2n) is 5.45. The lowest BCUT2D eigenvalue weighted by Crippen LogP contribution is -2.22. The zero-order valence-corrected chi connectivity index (χ0v) is 16.0. The Morgan fingerprint density at radius 2 is 2.04 bits per heavy atom. The zero-order chi connectivity index (χ0) is 19.2. The summed E-state index contributed by atoms with van der Waals surface area (Å²) in [6.07, 6.45) is 3.08. The third kappa shape index (κ3) is 4.90. The SMILES string of the molecule is COc1ccc(NC(=O)CSc2nccn(-c3cccc(Cl)c3)c2=O)cc1. The maximum absolute atomic E-state index is 12.6. The van der Waals surface area contributed by atoms with E-state index in [1.807, 2.05) is 0 Å². The van der Waals surface area contributed by atoms with Crippen LogP contribution in [0.5, 0.6) is 5.75 Å². The summed E-state index contributed by atoms with van der Waals surface area (Å²) in [6, 6.07) is 14.0. The van der Waals surface area contributed by atoms with Crippen LogP contribution in [0.2, 0.25) is 5.02 Å². The summed E-state index contributed by atoms with van der Waals surface area (Å²) in [4.78, 5) is 28.8. The van der Waals surface area contributed by atoms with Crippen LogP contribution in [0.3, 0.4) is 0 Å². The molecule has 3 aromatic rings. The summed E-state index contributed by atoms with van der Waals surface area (Å²) in [5.74, 6) is 0.537. The summed E-state index contributed by atoms with van der Waals surface area (Å²) >= 11 is 7.07. The van der Waals surface area contributed by atoms with E-state index in [1.54, 1.807) is 61.8 Å². The van der Waals surface area contributed by atoms with E-state index in [-0.39, 0.29) is 22.2 Å². The average molecular weight is 402 g/mol. The fourth-order valence-corrected chi connectivity index (χ4v) is 3.21. The lowest BCUT2D eigenvalue weighted by atomic mass is 10.3. The van der Waals surface area contributed by atoms with E-state index < -0.39 is 0 Å². The molecule has 0 aliphatic heterocycles. The molecule has 0 saturated heterocycles. The van der Waals surface area contributed by atoms with Crippen LogP contribution in [0.1, 0.15) is 0 Å². The van der Waals surface area contributed by atoms with Gasteiger partial charge in [-0.15, -0.1) is 0 Å². The van der Waals surface area contributed by atoms with Crippen LogP contribution in [-0.2, 0) is 4.79 Å². The first kappa shape index (κ1) is 19.0. The Bertz CT molecular complexity index is 1010. The van der Waals surface area contributed by atoms with Crippen LogP contribution in [0.25, 0.3) is 5.69 Å². The zero-order valence-electron chi connectivity index (χ0n) is 14.4. The number of rotatable bonds is 6. The minimum absolute atomic E-state index is 0.0633. The monoisotopic (exact) mass is 401 g/mol. The van der Waals surface area contributed by atoms with Crippen LogP contribution < -0.4 is 15.6 Å². The number of carbonyl (C=O) groups excluding carboxylic acids is 1. The van der Waals surface area contributed by atoms with Gasteiger partial charge >= 0.3 is 0 Å². The standard InChI is InChI=1S/C19H16ClN3O3S/c1-26-16-7-5-14(6-8-16)22-17(24)12-27-18-19(25)23(10-9-21-18)15-4-2-3-13(20)11-15/h2-11H,12H2,1H3,(H,22,24). The lowest BCUT2D eigenvalue weighted by molar-refractivity contribution is -0.113. The van der Waals surface area contributed by atoms with Crippen molar-refractivity contribution in [2.24, 2.45) is 0 Å². The number of nitrogens with zero attached hydrogens (tertiary/aromatic N) is 2. The molecule has 0 radical (unpaired) electrons. The quantitative estimate of drug-likeness (QED) is 0.638. The molecule has 1 heterocycles. The first-order chi connectivity index (χ1) is 13.1. The van der Waals surface area contributed by atoms with Gasteiger partial charge in [0.2, 0.25) is 5.91 Å².